The molecule has 4 heteroatoms. The molecule has 4 nitrogen and oxygen atoms in total. The number of benzene rings is 1. The summed E-state index contributed by atoms with van der Waals surface area (Å²) in [4.78, 5) is 0. The van der Waals surface area contributed by atoms with Crippen molar-refractivity contribution in [3.05, 3.63) is 54.1 Å². The molecule has 19 heavy (non-hydrogen) atoms. The molecule has 0 aliphatic carbocycles. The first-order valence-electron chi connectivity index (χ1n) is 6.55. The van der Waals surface area contributed by atoms with Crippen LogP contribution in [0.2, 0.25) is 0 Å². The third-order valence-corrected chi connectivity index (χ3v) is 3.24. The minimum Gasteiger partial charge on any atom is -0.468 e. The van der Waals surface area contributed by atoms with E-state index in [1.807, 2.05) is 29.1 Å². The summed E-state index contributed by atoms with van der Waals surface area (Å²) in [7, 11) is 0. The summed E-state index contributed by atoms with van der Waals surface area (Å²) in [5.41, 5.74) is 2.33. The zero-order valence-electron chi connectivity index (χ0n) is 11.0. The summed E-state index contributed by atoms with van der Waals surface area (Å²) < 4.78 is 7.53. The molecule has 2 aromatic heterocycles. The Morgan fingerprint density at radius 3 is 3.05 bits per heavy atom. The molecule has 0 spiro atoms. The Balaban J connectivity index is 1.87. The molecule has 0 saturated carbocycles. The van der Waals surface area contributed by atoms with E-state index in [9.17, 15) is 0 Å². The van der Waals surface area contributed by atoms with Gasteiger partial charge in [0, 0.05) is 10.9 Å². The van der Waals surface area contributed by atoms with E-state index in [0.29, 0.717) is 0 Å². The third-order valence-electron chi connectivity index (χ3n) is 3.24. The number of rotatable bonds is 5. The first kappa shape index (κ1) is 12.0. The van der Waals surface area contributed by atoms with Crippen LogP contribution >= 0.6 is 0 Å². The number of aromatic nitrogens is 2. The number of hydrogen-bond acceptors (Lipinski definition) is 3. The van der Waals surface area contributed by atoms with Crippen LogP contribution in [0.3, 0.4) is 0 Å². The second kappa shape index (κ2) is 5.28. The zero-order valence-corrected chi connectivity index (χ0v) is 11.0. The van der Waals surface area contributed by atoms with Gasteiger partial charge in [0.2, 0.25) is 0 Å². The lowest BCUT2D eigenvalue weighted by molar-refractivity contribution is 0.480. The number of nitrogens with one attached hydrogen (secondary N) is 1. The normalized spacial score (nSPS) is 11.2. The van der Waals surface area contributed by atoms with Crippen molar-refractivity contribution >= 4 is 10.9 Å². The van der Waals surface area contributed by atoms with Gasteiger partial charge in [0.25, 0.3) is 0 Å². The molecule has 3 aromatic rings. The Kier molecular flexibility index (Phi) is 3.33. The summed E-state index contributed by atoms with van der Waals surface area (Å²) in [6, 6.07) is 10.3. The molecule has 0 radical (unpaired) electrons. The van der Waals surface area contributed by atoms with Gasteiger partial charge in [-0.25, -0.2) is 0 Å². The fourth-order valence-electron chi connectivity index (χ4n) is 2.21. The highest BCUT2D eigenvalue weighted by molar-refractivity contribution is 5.78. The van der Waals surface area contributed by atoms with E-state index in [1.165, 1.54) is 10.9 Å². The van der Waals surface area contributed by atoms with Crippen molar-refractivity contribution in [1.82, 2.24) is 15.1 Å². The summed E-state index contributed by atoms with van der Waals surface area (Å²) in [6.45, 7) is 4.53. The lowest BCUT2D eigenvalue weighted by atomic mass is 10.2. The van der Waals surface area contributed by atoms with Crippen LogP contribution in [0, 0.1) is 0 Å². The topological polar surface area (TPSA) is 43.0 Å². The van der Waals surface area contributed by atoms with Gasteiger partial charge >= 0.3 is 0 Å². The first-order valence-corrected chi connectivity index (χ1v) is 6.55. The molecule has 0 fully saturated rings. The molecule has 0 atom stereocenters. The van der Waals surface area contributed by atoms with E-state index >= 15 is 0 Å². The number of para-hydroxylation sites is 1. The molecule has 0 aliphatic heterocycles. The lowest BCUT2D eigenvalue weighted by Gasteiger charge is -2.05. The van der Waals surface area contributed by atoms with E-state index in [0.717, 1.165) is 30.9 Å². The number of nitrogens with zero attached hydrogens (tertiary/aromatic N) is 2. The standard InChI is InChI=1S/C15H17N3O/c1-2-16-10-15-13(7-8-19-15)11-18-14-6-4-3-5-12(14)9-17-18/h3-9,16H,2,10-11H2,1H3. The molecule has 0 unspecified atom stereocenters. The molecule has 0 aliphatic rings. The fraction of sp³-hybridized carbons (Fsp3) is 0.267. The minimum absolute atomic E-state index is 0.741. The van der Waals surface area contributed by atoms with Crippen molar-refractivity contribution in [2.24, 2.45) is 0 Å². The van der Waals surface area contributed by atoms with Crippen LogP contribution in [0.4, 0.5) is 0 Å². The van der Waals surface area contributed by atoms with Gasteiger partial charge < -0.3 is 9.73 Å². The highest BCUT2D eigenvalue weighted by Crippen LogP contribution is 2.17. The average Bonchev–Trinajstić information content (AvgIpc) is 3.05. The molecule has 1 N–H and O–H groups in total. The van der Waals surface area contributed by atoms with E-state index in [4.69, 9.17) is 4.42 Å². The van der Waals surface area contributed by atoms with Crippen molar-refractivity contribution in [2.75, 3.05) is 6.54 Å². The van der Waals surface area contributed by atoms with Gasteiger partial charge in [0.05, 0.1) is 31.1 Å². The Morgan fingerprint density at radius 2 is 2.16 bits per heavy atom. The number of hydrogen-bond donors (Lipinski definition) is 1. The van der Waals surface area contributed by atoms with Crippen molar-refractivity contribution in [3.63, 3.8) is 0 Å². The average molecular weight is 255 g/mol. The van der Waals surface area contributed by atoms with Crippen molar-refractivity contribution in [1.29, 1.82) is 0 Å². The molecule has 0 saturated heterocycles. The third kappa shape index (κ3) is 2.39. The van der Waals surface area contributed by atoms with Crippen molar-refractivity contribution < 1.29 is 4.42 Å². The summed E-state index contributed by atoms with van der Waals surface area (Å²) in [5.74, 6) is 0.987. The summed E-state index contributed by atoms with van der Waals surface area (Å²) in [6.07, 6.45) is 3.65. The lowest BCUT2D eigenvalue weighted by Crippen LogP contribution is -2.13. The van der Waals surface area contributed by atoms with Gasteiger partial charge in [0.15, 0.2) is 0 Å². The molecule has 0 bridgehead atoms. The summed E-state index contributed by atoms with van der Waals surface area (Å²) in [5, 5.41) is 8.90. The van der Waals surface area contributed by atoms with Gasteiger partial charge in [-0.15, -0.1) is 0 Å². The Morgan fingerprint density at radius 1 is 1.26 bits per heavy atom. The first-order chi connectivity index (χ1) is 9.38. The van der Waals surface area contributed by atoms with E-state index in [2.05, 4.69) is 29.5 Å². The highest BCUT2D eigenvalue weighted by Gasteiger charge is 2.08. The van der Waals surface area contributed by atoms with Crippen LogP contribution in [0.1, 0.15) is 18.2 Å². The second-order valence-electron chi connectivity index (χ2n) is 4.51. The monoisotopic (exact) mass is 255 g/mol. The predicted octanol–water partition coefficient (Wildman–Crippen LogP) is 2.79. The molecule has 2 heterocycles. The van der Waals surface area contributed by atoms with E-state index in [1.54, 1.807) is 6.26 Å². The molecule has 1 aromatic carbocycles. The molecular weight excluding hydrogens is 238 g/mol. The van der Waals surface area contributed by atoms with Gasteiger partial charge in [-0.1, -0.05) is 25.1 Å². The van der Waals surface area contributed by atoms with Crippen LogP contribution < -0.4 is 5.32 Å². The quantitative estimate of drug-likeness (QED) is 0.762. The van der Waals surface area contributed by atoms with Crippen LogP contribution in [-0.2, 0) is 13.1 Å². The van der Waals surface area contributed by atoms with E-state index < -0.39 is 0 Å². The zero-order chi connectivity index (χ0) is 13.1. The summed E-state index contributed by atoms with van der Waals surface area (Å²) >= 11 is 0. The second-order valence-corrected chi connectivity index (χ2v) is 4.51. The molecule has 98 valence electrons. The van der Waals surface area contributed by atoms with Gasteiger partial charge in [-0.3, -0.25) is 4.68 Å². The molecule has 3 rings (SSSR count). The maximum absolute atomic E-state index is 5.52. The molecular formula is C15H17N3O. The molecule has 0 amide bonds. The van der Waals surface area contributed by atoms with Crippen LogP contribution in [0.25, 0.3) is 10.9 Å². The number of fused-ring (bicyclic) bond motifs is 1. The largest absolute Gasteiger partial charge is 0.468 e. The fourth-order valence-corrected chi connectivity index (χ4v) is 2.21. The van der Waals surface area contributed by atoms with Crippen molar-refractivity contribution in [2.45, 2.75) is 20.0 Å². The Labute approximate surface area is 112 Å². The van der Waals surface area contributed by atoms with Crippen molar-refractivity contribution in [3.8, 4) is 0 Å². The maximum Gasteiger partial charge on any atom is 0.122 e. The maximum atomic E-state index is 5.52. The van der Waals surface area contributed by atoms with Gasteiger partial charge in [-0.2, -0.15) is 5.10 Å². The van der Waals surface area contributed by atoms with Crippen LogP contribution in [-0.4, -0.2) is 16.3 Å². The van der Waals surface area contributed by atoms with Crippen LogP contribution in [0.15, 0.2) is 47.2 Å². The SMILES string of the molecule is CCNCc1occc1Cn1ncc2ccccc21. The minimum atomic E-state index is 0.741. The Hall–Kier alpha value is -2.07. The predicted molar refractivity (Wildman–Crippen MR) is 74.9 cm³/mol. The number of furan rings is 1. The van der Waals surface area contributed by atoms with Gasteiger partial charge in [0.1, 0.15) is 5.76 Å². The van der Waals surface area contributed by atoms with Gasteiger partial charge in [-0.05, 0) is 18.7 Å². The van der Waals surface area contributed by atoms with E-state index in [-0.39, 0.29) is 0 Å². The van der Waals surface area contributed by atoms with Crippen LogP contribution in [0.5, 0.6) is 0 Å². The smallest absolute Gasteiger partial charge is 0.122 e. The highest BCUT2D eigenvalue weighted by atomic mass is 16.3. The Bertz CT molecular complexity index is 669.